The highest BCUT2D eigenvalue weighted by Crippen LogP contribution is 2.36. The van der Waals surface area contributed by atoms with Crippen molar-refractivity contribution in [1.29, 1.82) is 0 Å². The Morgan fingerprint density at radius 1 is 1.19 bits per heavy atom. The Kier molecular flexibility index (Phi) is 9.20. The molecule has 1 aromatic heterocycles. The van der Waals surface area contributed by atoms with Crippen molar-refractivity contribution in [1.82, 2.24) is 14.6 Å². The maximum Gasteiger partial charge on any atom is 0.410 e. The third kappa shape index (κ3) is 7.27. The number of fused-ring (bicyclic) bond motifs is 8. The van der Waals surface area contributed by atoms with Crippen LogP contribution >= 0.6 is 0 Å². The van der Waals surface area contributed by atoms with E-state index in [9.17, 15) is 22.0 Å². The zero-order valence-electron chi connectivity index (χ0n) is 21.1. The first-order valence-electron chi connectivity index (χ1n) is 12.6. The predicted octanol–water partition coefficient (Wildman–Crippen LogP) is 2.99. The van der Waals surface area contributed by atoms with Crippen LogP contribution in [0.1, 0.15) is 62.1 Å². The van der Waals surface area contributed by atoms with Gasteiger partial charge >= 0.3 is 6.09 Å². The van der Waals surface area contributed by atoms with Crippen molar-refractivity contribution in [2.45, 2.75) is 75.1 Å². The average Bonchev–Trinajstić information content (AvgIpc) is 3.17. The molecule has 5 rings (SSSR count). The molecule has 2 fully saturated rings. The minimum atomic E-state index is -3.54. The molecule has 4 bridgehead atoms. The molecule has 3 atom stereocenters. The minimum Gasteiger partial charge on any atom is -0.478 e. The topological polar surface area (TPSA) is 116 Å². The number of alkyl halides is 2. The number of nitrogens with one attached hydrogen (secondary N) is 1. The Balaban J connectivity index is 1.56. The maximum atomic E-state index is 13.5. The lowest BCUT2D eigenvalue weighted by Crippen LogP contribution is -2.51. The van der Waals surface area contributed by atoms with E-state index in [1.807, 2.05) is 0 Å². The predicted molar refractivity (Wildman–Crippen MR) is 129 cm³/mol. The van der Waals surface area contributed by atoms with E-state index in [0.717, 1.165) is 6.26 Å². The van der Waals surface area contributed by atoms with E-state index in [4.69, 9.17) is 18.9 Å². The van der Waals surface area contributed by atoms with Gasteiger partial charge in [-0.25, -0.2) is 31.7 Å². The minimum absolute atomic E-state index is 0.00945. The summed E-state index contributed by atoms with van der Waals surface area (Å²) in [6.07, 6.45) is 1.21. The summed E-state index contributed by atoms with van der Waals surface area (Å²) in [6.45, 7) is 0.505. The SMILES string of the molecule is COCC1CC(NS(C)(=O)=O)C2COC3CCC(CC3)c3cc(C(F)F)cc(n3)OCCCOC(=O)N12. The van der Waals surface area contributed by atoms with Gasteiger partial charge in [0.2, 0.25) is 15.9 Å². The molecular weight excluding hydrogens is 512 g/mol. The van der Waals surface area contributed by atoms with Crippen LogP contribution < -0.4 is 9.46 Å². The van der Waals surface area contributed by atoms with Gasteiger partial charge in [-0.3, -0.25) is 4.90 Å². The molecule has 0 spiro atoms. The Bertz CT molecular complexity index is 1040. The number of rotatable bonds is 5. The fourth-order valence-corrected chi connectivity index (χ4v) is 6.24. The number of hydrogen-bond acceptors (Lipinski definition) is 8. The van der Waals surface area contributed by atoms with Crippen LogP contribution in [0.15, 0.2) is 12.1 Å². The van der Waals surface area contributed by atoms with Crippen molar-refractivity contribution < 1.29 is 40.9 Å². The van der Waals surface area contributed by atoms with Gasteiger partial charge in [-0.05, 0) is 38.2 Å². The molecule has 3 unspecified atom stereocenters. The number of carbonyl (C=O) groups is 1. The van der Waals surface area contributed by atoms with Crippen LogP contribution in [-0.2, 0) is 24.2 Å². The molecule has 37 heavy (non-hydrogen) atoms. The summed E-state index contributed by atoms with van der Waals surface area (Å²) in [5, 5.41) is 0. The van der Waals surface area contributed by atoms with Gasteiger partial charge in [0.1, 0.15) is 0 Å². The number of methoxy groups -OCH3 is 1. The van der Waals surface area contributed by atoms with Gasteiger partial charge in [0.15, 0.2) is 0 Å². The Morgan fingerprint density at radius 3 is 2.59 bits per heavy atom. The number of pyridine rings is 1. The molecule has 3 aliphatic heterocycles. The number of sulfonamides is 1. The largest absolute Gasteiger partial charge is 0.478 e. The van der Waals surface area contributed by atoms with Crippen LogP contribution in [0.5, 0.6) is 5.88 Å². The summed E-state index contributed by atoms with van der Waals surface area (Å²) in [5.41, 5.74) is 0.459. The molecule has 4 heterocycles. The van der Waals surface area contributed by atoms with Crippen LogP contribution in [0.3, 0.4) is 0 Å². The highest BCUT2D eigenvalue weighted by atomic mass is 32.2. The van der Waals surface area contributed by atoms with Gasteiger partial charge in [-0.2, -0.15) is 0 Å². The third-order valence-electron chi connectivity index (χ3n) is 7.13. The van der Waals surface area contributed by atoms with Gasteiger partial charge in [-0.1, -0.05) is 0 Å². The molecule has 1 amide bonds. The number of ether oxygens (including phenoxy) is 4. The van der Waals surface area contributed by atoms with E-state index in [1.165, 1.54) is 24.1 Å². The Hall–Kier alpha value is -2.09. The smallest absolute Gasteiger partial charge is 0.410 e. The van der Waals surface area contributed by atoms with E-state index in [-0.39, 0.29) is 49.9 Å². The zero-order chi connectivity index (χ0) is 26.6. The second kappa shape index (κ2) is 12.2. The van der Waals surface area contributed by atoms with Gasteiger partial charge in [-0.15, -0.1) is 0 Å². The monoisotopic (exact) mass is 547 g/mol. The van der Waals surface area contributed by atoms with E-state index in [2.05, 4.69) is 9.71 Å². The summed E-state index contributed by atoms with van der Waals surface area (Å²) >= 11 is 0. The third-order valence-corrected chi connectivity index (χ3v) is 7.86. The number of nitrogens with zero attached hydrogens (tertiary/aromatic N) is 2. The van der Waals surface area contributed by atoms with Crippen LogP contribution in [0.25, 0.3) is 0 Å². The van der Waals surface area contributed by atoms with E-state index >= 15 is 0 Å². The van der Waals surface area contributed by atoms with E-state index in [0.29, 0.717) is 44.2 Å². The summed E-state index contributed by atoms with van der Waals surface area (Å²) in [4.78, 5) is 19.1. The molecule has 10 nitrogen and oxygen atoms in total. The van der Waals surface area contributed by atoms with Crippen LogP contribution in [-0.4, -0.2) is 88.4 Å². The van der Waals surface area contributed by atoms with E-state index in [1.54, 1.807) is 0 Å². The number of halogens is 2. The Labute approximate surface area is 216 Å². The van der Waals surface area contributed by atoms with Crippen LogP contribution in [0.4, 0.5) is 13.6 Å². The van der Waals surface area contributed by atoms with Gasteiger partial charge < -0.3 is 18.9 Å². The van der Waals surface area contributed by atoms with Gasteiger partial charge in [0.25, 0.3) is 6.43 Å². The molecule has 1 N–H and O–H groups in total. The molecule has 1 saturated carbocycles. The lowest BCUT2D eigenvalue weighted by Gasteiger charge is -2.33. The molecule has 0 aromatic carbocycles. The number of aromatic nitrogens is 1. The fraction of sp³-hybridized carbons (Fsp3) is 0.750. The van der Waals surface area contributed by atoms with Gasteiger partial charge in [0.05, 0.1) is 50.9 Å². The molecule has 1 saturated heterocycles. The lowest BCUT2D eigenvalue weighted by atomic mass is 9.84. The highest BCUT2D eigenvalue weighted by Gasteiger charge is 2.46. The first-order valence-corrected chi connectivity index (χ1v) is 14.5. The number of hydrogen-bond donors (Lipinski definition) is 1. The summed E-state index contributed by atoms with van der Waals surface area (Å²) < 4.78 is 76.4. The van der Waals surface area contributed by atoms with Crippen molar-refractivity contribution in [3.05, 3.63) is 23.4 Å². The van der Waals surface area contributed by atoms with Crippen LogP contribution in [0.2, 0.25) is 0 Å². The lowest BCUT2D eigenvalue weighted by molar-refractivity contribution is -0.0156. The quantitative estimate of drug-likeness (QED) is 0.598. The molecule has 13 heteroatoms. The van der Waals surface area contributed by atoms with Crippen molar-refractivity contribution >= 4 is 16.1 Å². The first-order chi connectivity index (χ1) is 17.6. The van der Waals surface area contributed by atoms with Crippen molar-refractivity contribution in [2.24, 2.45) is 0 Å². The normalized spacial score (nSPS) is 29.5. The zero-order valence-corrected chi connectivity index (χ0v) is 21.9. The number of carbonyl (C=O) groups excluding carboxylic acids is 1. The van der Waals surface area contributed by atoms with Crippen molar-refractivity contribution in [3.8, 4) is 5.88 Å². The fourth-order valence-electron chi connectivity index (χ4n) is 5.44. The Morgan fingerprint density at radius 2 is 1.92 bits per heavy atom. The standard InChI is InChI=1S/C24H35F2N3O7S/c1-33-13-17-12-20(28-37(2,31)32)21-14-36-18-6-4-15(5-7-18)19-10-16(23(25)26)11-22(27-19)34-8-3-9-35-24(30)29(17)21/h10-11,15,17-18,20-21,23,28H,3-9,12-14H2,1-2H3. The average molecular weight is 548 g/mol. The second-order valence-corrected chi connectivity index (χ2v) is 11.7. The van der Waals surface area contributed by atoms with Crippen molar-refractivity contribution in [2.75, 3.05) is 39.8 Å². The van der Waals surface area contributed by atoms with Gasteiger partial charge in [0, 0.05) is 42.8 Å². The second-order valence-electron chi connectivity index (χ2n) is 9.90. The molecule has 1 aromatic rings. The summed E-state index contributed by atoms with van der Waals surface area (Å²) in [5.74, 6) is 0.145. The first kappa shape index (κ1) is 27.9. The molecule has 0 radical (unpaired) electrons. The molecule has 208 valence electrons. The molecule has 4 aliphatic rings. The molecular formula is C24H35F2N3O7S. The van der Waals surface area contributed by atoms with Crippen LogP contribution in [0, 0.1) is 0 Å². The van der Waals surface area contributed by atoms with Crippen molar-refractivity contribution in [3.63, 3.8) is 0 Å². The summed E-state index contributed by atoms with van der Waals surface area (Å²) in [7, 11) is -2.02. The highest BCUT2D eigenvalue weighted by molar-refractivity contribution is 7.88. The summed E-state index contributed by atoms with van der Waals surface area (Å²) in [6, 6.07) is 1.19. The number of amides is 1. The maximum absolute atomic E-state index is 13.5. The molecule has 1 aliphatic carbocycles. The van der Waals surface area contributed by atoms with E-state index < -0.39 is 40.7 Å².